The molecular weight excluding hydrogens is 222 g/mol. The number of terminal acetylenes is 1. The van der Waals surface area contributed by atoms with E-state index in [4.69, 9.17) is 28.5 Å². The van der Waals surface area contributed by atoms with Gasteiger partial charge in [0, 0.05) is 17.5 Å². The van der Waals surface area contributed by atoms with E-state index in [9.17, 15) is 0 Å². The number of hydrogen-bond donors (Lipinski definition) is 1. The Hall–Kier alpha value is -1.17. The van der Waals surface area contributed by atoms with Crippen LogP contribution >= 0.6 is 11.6 Å². The van der Waals surface area contributed by atoms with Crippen molar-refractivity contribution in [2.75, 3.05) is 6.61 Å². The van der Waals surface area contributed by atoms with Gasteiger partial charge >= 0.3 is 0 Å². The molecule has 1 aromatic rings. The van der Waals surface area contributed by atoms with Crippen LogP contribution in [0.4, 0.5) is 0 Å². The number of nitrogens with two attached hydrogens (primary N) is 1. The van der Waals surface area contributed by atoms with Crippen molar-refractivity contribution in [2.24, 2.45) is 5.73 Å². The summed E-state index contributed by atoms with van der Waals surface area (Å²) in [5.41, 5.74) is 5.87. The highest BCUT2D eigenvalue weighted by Crippen LogP contribution is 2.17. The van der Waals surface area contributed by atoms with Crippen molar-refractivity contribution in [3.8, 4) is 18.1 Å². The number of unbranched alkanes of at least 4 members (excludes halogenated alkanes) is 1. The first-order valence-electron chi connectivity index (χ1n) is 5.30. The van der Waals surface area contributed by atoms with Crippen LogP contribution in [0.1, 0.15) is 19.3 Å². The first-order valence-corrected chi connectivity index (χ1v) is 5.67. The van der Waals surface area contributed by atoms with Gasteiger partial charge in [0.15, 0.2) is 0 Å². The van der Waals surface area contributed by atoms with Crippen molar-refractivity contribution < 1.29 is 4.74 Å². The van der Waals surface area contributed by atoms with E-state index in [0.717, 1.165) is 25.0 Å². The second-order valence-electron chi connectivity index (χ2n) is 3.62. The second kappa shape index (κ2) is 7.16. The van der Waals surface area contributed by atoms with E-state index in [1.165, 1.54) is 0 Å². The molecular formula is C13H16ClNO. The Morgan fingerprint density at radius 3 is 3.00 bits per heavy atom. The molecule has 2 N–H and O–H groups in total. The minimum Gasteiger partial charge on any atom is -0.492 e. The molecule has 0 aliphatic rings. The van der Waals surface area contributed by atoms with Crippen molar-refractivity contribution in [1.82, 2.24) is 0 Å². The molecule has 0 aromatic heterocycles. The zero-order valence-electron chi connectivity index (χ0n) is 9.16. The average molecular weight is 238 g/mol. The molecule has 3 heteroatoms. The van der Waals surface area contributed by atoms with Crippen LogP contribution in [0, 0.1) is 12.3 Å². The van der Waals surface area contributed by atoms with E-state index in [1.54, 1.807) is 12.1 Å². The smallest absolute Gasteiger partial charge is 0.120 e. The fourth-order valence-corrected chi connectivity index (χ4v) is 1.49. The molecule has 1 rings (SSSR count). The molecule has 1 aromatic carbocycles. The number of halogens is 1. The Morgan fingerprint density at radius 1 is 1.50 bits per heavy atom. The Morgan fingerprint density at radius 2 is 2.31 bits per heavy atom. The molecule has 0 aliphatic heterocycles. The summed E-state index contributed by atoms with van der Waals surface area (Å²) < 4.78 is 5.52. The van der Waals surface area contributed by atoms with Crippen LogP contribution < -0.4 is 10.5 Å². The molecule has 0 saturated carbocycles. The highest BCUT2D eigenvalue weighted by Gasteiger charge is 2.03. The highest BCUT2D eigenvalue weighted by molar-refractivity contribution is 6.30. The SMILES string of the molecule is C#CCCCC(N)COc1cccc(Cl)c1. The van der Waals surface area contributed by atoms with E-state index in [-0.39, 0.29) is 6.04 Å². The van der Waals surface area contributed by atoms with Gasteiger partial charge in [0.25, 0.3) is 0 Å². The average Bonchev–Trinajstić information content (AvgIpc) is 2.27. The third-order valence-electron chi connectivity index (χ3n) is 2.16. The maximum absolute atomic E-state index is 5.87. The van der Waals surface area contributed by atoms with Crippen molar-refractivity contribution in [1.29, 1.82) is 0 Å². The van der Waals surface area contributed by atoms with Crippen molar-refractivity contribution in [3.63, 3.8) is 0 Å². The third-order valence-corrected chi connectivity index (χ3v) is 2.39. The molecule has 0 heterocycles. The maximum atomic E-state index is 5.87. The van der Waals surface area contributed by atoms with Gasteiger partial charge in [-0.3, -0.25) is 0 Å². The van der Waals surface area contributed by atoms with Gasteiger partial charge < -0.3 is 10.5 Å². The summed E-state index contributed by atoms with van der Waals surface area (Å²) >= 11 is 5.83. The van der Waals surface area contributed by atoms with Crippen molar-refractivity contribution >= 4 is 11.6 Å². The van der Waals surface area contributed by atoms with Crippen LogP contribution in [0.5, 0.6) is 5.75 Å². The number of rotatable bonds is 6. The van der Waals surface area contributed by atoms with Gasteiger partial charge in [-0.1, -0.05) is 17.7 Å². The van der Waals surface area contributed by atoms with E-state index in [2.05, 4.69) is 5.92 Å². The third kappa shape index (κ3) is 5.06. The number of hydrogen-bond acceptors (Lipinski definition) is 2. The zero-order chi connectivity index (χ0) is 11.8. The van der Waals surface area contributed by atoms with Crippen LogP contribution in [-0.4, -0.2) is 12.6 Å². The summed E-state index contributed by atoms with van der Waals surface area (Å²) in [5, 5.41) is 0.665. The van der Waals surface area contributed by atoms with Crippen LogP contribution in [0.2, 0.25) is 5.02 Å². The largest absolute Gasteiger partial charge is 0.492 e. The number of ether oxygens (including phenoxy) is 1. The summed E-state index contributed by atoms with van der Waals surface area (Å²) in [7, 11) is 0. The van der Waals surface area contributed by atoms with Crippen LogP contribution in [-0.2, 0) is 0 Å². The van der Waals surface area contributed by atoms with Crippen molar-refractivity contribution in [3.05, 3.63) is 29.3 Å². The fourth-order valence-electron chi connectivity index (χ4n) is 1.31. The lowest BCUT2D eigenvalue weighted by Gasteiger charge is -2.12. The normalized spacial score (nSPS) is 11.8. The van der Waals surface area contributed by atoms with Gasteiger partial charge in [-0.15, -0.1) is 12.3 Å². The summed E-state index contributed by atoms with van der Waals surface area (Å²) in [6.45, 7) is 0.491. The molecule has 0 amide bonds. The summed E-state index contributed by atoms with van der Waals surface area (Å²) in [6, 6.07) is 7.31. The number of benzene rings is 1. The Labute approximate surface area is 102 Å². The summed E-state index contributed by atoms with van der Waals surface area (Å²) in [4.78, 5) is 0. The molecule has 16 heavy (non-hydrogen) atoms. The Balaban J connectivity index is 2.26. The Kier molecular flexibility index (Phi) is 5.77. The van der Waals surface area contributed by atoms with Crippen LogP contribution in [0.15, 0.2) is 24.3 Å². The molecule has 1 atom stereocenters. The first kappa shape index (κ1) is 12.9. The predicted octanol–water partition coefficient (Wildman–Crippen LogP) is 2.85. The zero-order valence-corrected chi connectivity index (χ0v) is 9.91. The van der Waals surface area contributed by atoms with E-state index < -0.39 is 0 Å². The van der Waals surface area contributed by atoms with E-state index >= 15 is 0 Å². The lowest BCUT2D eigenvalue weighted by Crippen LogP contribution is -2.27. The maximum Gasteiger partial charge on any atom is 0.120 e. The van der Waals surface area contributed by atoms with Gasteiger partial charge in [0.05, 0.1) is 0 Å². The topological polar surface area (TPSA) is 35.2 Å². The quantitative estimate of drug-likeness (QED) is 0.610. The van der Waals surface area contributed by atoms with E-state index in [0.29, 0.717) is 11.6 Å². The molecule has 2 nitrogen and oxygen atoms in total. The lowest BCUT2D eigenvalue weighted by molar-refractivity contribution is 0.280. The molecule has 0 saturated heterocycles. The fraction of sp³-hybridized carbons (Fsp3) is 0.385. The van der Waals surface area contributed by atoms with Crippen LogP contribution in [0.3, 0.4) is 0 Å². The molecule has 0 bridgehead atoms. The highest BCUT2D eigenvalue weighted by atomic mass is 35.5. The molecule has 0 aliphatic carbocycles. The van der Waals surface area contributed by atoms with Gasteiger partial charge in [-0.2, -0.15) is 0 Å². The Bertz CT molecular complexity index is 359. The predicted molar refractivity (Wildman–Crippen MR) is 67.6 cm³/mol. The lowest BCUT2D eigenvalue weighted by atomic mass is 10.1. The second-order valence-corrected chi connectivity index (χ2v) is 4.06. The minimum atomic E-state index is 0.0207. The summed E-state index contributed by atoms with van der Waals surface area (Å²) in [5.74, 6) is 3.34. The summed E-state index contributed by atoms with van der Waals surface area (Å²) in [6.07, 6.45) is 7.75. The minimum absolute atomic E-state index is 0.0207. The van der Waals surface area contributed by atoms with Crippen LogP contribution in [0.25, 0.3) is 0 Å². The standard InChI is InChI=1S/C13H16ClNO/c1-2-3-4-7-12(15)10-16-13-8-5-6-11(14)9-13/h1,5-6,8-9,12H,3-4,7,10,15H2. The molecule has 86 valence electrons. The molecule has 0 spiro atoms. The van der Waals surface area contributed by atoms with Crippen molar-refractivity contribution in [2.45, 2.75) is 25.3 Å². The molecule has 0 radical (unpaired) electrons. The van der Waals surface area contributed by atoms with Gasteiger partial charge in [0.1, 0.15) is 12.4 Å². The van der Waals surface area contributed by atoms with E-state index in [1.807, 2.05) is 12.1 Å². The first-order chi connectivity index (χ1) is 7.72. The van der Waals surface area contributed by atoms with Gasteiger partial charge in [0.2, 0.25) is 0 Å². The monoisotopic (exact) mass is 237 g/mol. The van der Waals surface area contributed by atoms with Gasteiger partial charge in [-0.05, 0) is 31.0 Å². The molecule has 0 fully saturated rings. The molecule has 1 unspecified atom stereocenters. The van der Waals surface area contributed by atoms with Gasteiger partial charge in [-0.25, -0.2) is 0 Å².